The number of amides is 1. The predicted molar refractivity (Wildman–Crippen MR) is 103 cm³/mol. The number of rotatable bonds is 5. The fraction of sp³-hybridized carbons (Fsp3) is 0.158. The molecule has 6 heteroatoms. The quantitative estimate of drug-likeness (QED) is 0.501. The molecule has 0 aliphatic carbocycles. The van der Waals surface area contributed by atoms with E-state index in [1.54, 1.807) is 6.21 Å². The van der Waals surface area contributed by atoms with Gasteiger partial charge in [0, 0.05) is 27.1 Å². The second kappa shape index (κ2) is 7.53. The molecule has 2 N–H and O–H groups in total. The molecule has 0 bridgehead atoms. The van der Waals surface area contributed by atoms with E-state index in [-0.39, 0.29) is 12.5 Å². The Morgan fingerprint density at radius 2 is 2.00 bits per heavy atom. The molecule has 0 aliphatic heterocycles. The SMILES string of the molecule is Cc1cc(Br)cc(C)c1OCC(=O)N/N=C\c1c[nH]c2ccccc12. The summed E-state index contributed by atoms with van der Waals surface area (Å²) in [6.45, 7) is 3.80. The Kier molecular flexibility index (Phi) is 5.19. The third-order valence-electron chi connectivity index (χ3n) is 3.79. The molecule has 0 atom stereocenters. The molecule has 1 heterocycles. The number of ether oxygens (including phenoxy) is 1. The number of para-hydroxylation sites is 1. The van der Waals surface area contributed by atoms with E-state index in [0.717, 1.165) is 37.8 Å². The maximum atomic E-state index is 11.9. The van der Waals surface area contributed by atoms with Crippen molar-refractivity contribution in [3.05, 3.63) is 63.8 Å². The zero-order valence-corrected chi connectivity index (χ0v) is 15.6. The van der Waals surface area contributed by atoms with Gasteiger partial charge in [0.25, 0.3) is 5.91 Å². The van der Waals surface area contributed by atoms with Crippen LogP contribution >= 0.6 is 15.9 Å². The number of hydrogen-bond donors (Lipinski definition) is 2. The van der Waals surface area contributed by atoms with Crippen LogP contribution in [-0.2, 0) is 4.79 Å². The van der Waals surface area contributed by atoms with Crippen molar-refractivity contribution in [2.24, 2.45) is 5.10 Å². The van der Waals surface area contributed by atoms with Crippen molar-refractivity contribution < 1.29 is 9.53 Å². The van der Waals surface area contributed by atoms with Crippen LogP contribution in [0.3, 0.4) is 0 Å². The van der Waals surface area contributed by atoms with Gasteiger partial charge in [0.1, 0.15) is 5.75 Å². The third-order valence-corrected chi connectivity index (χ3v) is 4.24. The summed E-state index contributed by atoms with van der Waals surface area (Å²) < 4.78 is 6.62. The van der Waals surface area contributed by atoms with E-state index < -0.39 is 0 Å². The number of hydrazone groups is 1. The topological polar surface area (TPSA) is 66.5 Å². The summed E-state index contributed by atoms with van der Waals surface area (Å²) in [7, 11) is 0. The van der Waals surface area contributed by atoms with E-state index in [1.807, 2.05) is 56.4 Å². The number of nitrogens with zero attached hydrogens (tertiary/aromatic N) is 1. The molecule has 5 nitrogen and oxygen atoms in total. The monoisotopic (exact) mass is 399 g/mol. The maximum Gasteiger partial charge on any atom is 0.277 e. The smallest absolute Gasteiger partial charge is 0.277 e. The number of H-pyrrole nitrogens is 1. The highest BCUT2D eigenvalue weighted by atomic mass is 79.9. The summed E-state index contributed by atoms with van der Waals surface area (Å²) >= 11 is 3.44. The highest BCUT2D eigenvalue weighted by Crippen LogP contribution is 2.27. The van der Waals surface area contributed by atoms with Crippen LogP contribution < -0.4 is 10.2 Å². The van der Waals surface area contributed by atoms with Crippen molar-refractivity contribution in [3.8, 4) is 5.75 Å². The number of fused-ring (bicyclic) bond motifs is 1. The van der Waals surface area contributed by atoms with Crippen molar-refractivity contribution in [2.75, 3.05) is 6.61 Å². The largest absolute Gasteiger partial charge is 0.483 e. The van der Waals surface area contributed by atoms with Gasteiger partial charge in [-0.3, -0.25) is 4.79 Å². The summed E-state index contributed by atoms with van der Waals surface area (Å²) in [5, 5.41) is 5.06. The predicted octanol–water partition coefficient (Wildman–Crippen LogP) is 4.08. The molecule has 0 fully saturated rings. The van der Waals surface area contributed by atoms with Crippen molar-refractivity contribution in [3.63, 3.8) is 0 Å². The molecular weight excluding hydrogens is 382 g/mol. The van der Waals surface area contributed by atoms with Crippen LogP contribution in [0.2, 0.25) is 0 Å². The molecule has 3 rings (SSSR count). The number of aromatic nitrogens is 1. The molecular formula is C19H18BrN3O2. The van der Waals surface area contributed by atoms with Crippen molar-refractivity contribution in [1.82, 2.24) is 10.4 Å². The summed E-state index contributed by atoms with van der Waals surface area (Å²) in [4.78, 5) is 15.1. The van der Waals surface area contributed by atoms with Gasteiger partial charge < -0.3 is 9.72 Å². The number of carbonyl (C=O) groups is 1. The minimum atomic E-state index is -0.308. The second-order valence-electron chi connectivity index (χ2n) is 5.74. The van der Waals surface area contributed by atoms with Crippen LogP contribution in [0, 0.1) is 13.8 Å². The third kappa shape index (κ3) is 4.09. The number of aromatic amines is 1. The average Bonchev–Trinajstić information content (AvgIpc) is 2.97. The van der Waals surface area contributed by atoms with Crippen molar-refractivity contribution in [2.45, 2.75) is 13.8 Å². The molecule has 3 aromatic rings. The van der Waals surface area contributed by atoms with Gasteiger partial charge in [0.05, 0.1) is 6.21 Å². The fourth-order valence-corrected chi connectivity index (χ4v) is 3.36. The van der Waals surface area contributed by atoms with Gasteiger partial charge in [0.2, 0.25) is 0 Å². The standard InChI is InChI=1S/C19H18BrN3O2/c1-12-7-15(20)8-13(2)19(12)25-11-18(24)23-22-10-14-9-21-17-6-4-3-5-16(14)17/h3-10,21H,11H2,1-2H3,(H,23,24)/b22-10-. The van der Waals surface area contributed by atoms with Gasteiger partial charge in [-0.2, -0.15) is 5.10 Å². The lowest BCUT2D eigenvalue weighted by Crippen LogP contribution is -2.25. The number of halogens is 1. The Hall–Kier alpha value is -2.60. The van der Waals surface area contributed by atoms with Crippen LogP contribution in [0.1, 0.15) is 16.7 Å². The second-order valence-corrected chi connectivity index (χ2v) is 6.66. The highest BCUT2D eigenvalue weighted by Gasteiger charge is 2.08. The van der Waals surface area contributed by atoms with Gasteiger partial charge in [-0.1, -0.05) is 34.1 Å². The normalized spacial score (nSPS) is 11.2. The lowest BCUT2D eigenvalue weighted by Gasteiger charge is -2.11. The number of hydrogen-bond acceptors (Lipinski definition) is 3. The zero-order chi connectivity index (χ0) is 17.8. The van der Waals surface area contributed by atoms with E-state index in [4.69, 9.17) is 4.74 Å². The lowest BCUT2D eigenvalue weighted by atomic mass is 10.1. The summed E-state index contributed by atoms with van der Waals surface area (Å²) in [5.74, 6) is 0.414. The van der Waals surface area contributed by atoms with Crippen LogP contribution in [0.25, 0.3) is 10.9 Å². The molecule has 128 valence electrons. The van der Waals surface area contributed by atoms with Crippen LogP contribution in [0.4, 0.5) is 0 Å². The van der Waals surface area contributed by atoms with Gasteiger partial charge in [-0.25, -0.2) is 5.43 Å². The minimum Gasteiger partial charge on any atom is -0.483 e. The van der Waals surface area contributed by atoms with Gasteiger partial charge in [-0.05, 0) is 43.2 Å². The number of carbonyl (C=O) groups excluding carboxylic acids is 1. The first-order chi connectivity index (χ1) is 12.0. The van der Waals surface area contributed by atoms with E-state index >= 15 is 0 Å². The summed E-state index contributed by atoms with van der Waals surface area (Å²) in [6, 6.07) is 11.8. The Balaban J connectivity index is 1.58. The van der Waals surface area contributed by atoms with E-state index in [0.29, 0.717) is 0 Å². The minimum absolute atomic E-state index is 0.0888. The molecule has 1 aromatic heterocycles. The van der Waals surface area contributed by atoms with Crippen LogP contribution in [0.5, 0.6) is 5.75 Å². The average molecular weight is 400 g/mol. The van der Waals surface area contributed by atoms with Gasteiger partial charge in [-0.15, -0.1) is 0 Å². The maximum absolute atomic E-state index is 11.9. The fourth-order valence-electron chi connectivity index (χ4n) is 2.67. The number of aryl methyl sites for hydroxylation is 2. The molecule has 0 saturated heterocycles. The summed E-state index contributed by atoms with van der Waals surface area (Å²) in [5.41, 5.74) is 6.38. The molecule has 25 heavy (non-hydrogen) atoms. The van der Waals surface area contributed by atoms with Crippen molar-refractivity contribution >= 4 is 39.0 Å². The Morgan fingerprint density at radius 3 is 2.76 bits per heavy atom. The van der Waals surface area contributed by atoms with E-state index in [2.05, 4.69) is 31.4 Å². The van der Waals surface area contributed by atoms with Gasteiger partial charge in [0.15, 0.2) is 6.61 Å². The zero-order valence-electron chi connectivity index (χ0n) is 14.0. The number of benzene rings is 2. The molecule has 0 radical (unpaired) electrons. The first-order valence-corrected chi connectivity index (χ1v) is 8.61. The molecule has 1 amide bonds. The van der Waals surface area contributed by atoms with E-state index in [1.165, 1.54) is 0 Å². The Labute approximate surface area is 154 Å². The molecule has 0 spiro atoms. The van der Waals surface area contributed by atoms with Crippen molar-refractivity contribution in [1.29, 1.82) is 0 Å². The van der Waals surface area contributed by atoms with Crippen LogP contribution in [0.15, 0.2) is 52.2 Å². The Morgan fingerprint density at radius 1 is 1.28 bits per heavy atom. The first-order valence-electron chi connectivity index (χ1n) is 7.82. The summed E-state index contributed by atoms with van der Waals surface area (Å²) in [6.07, 6.45) is 3.47. The highest BCUT2D eigenvalue weighted by molar-refractivity contribution is 9.10. The lowest BCUT2D eigenvalue weighted by molar-refractivity contribution is -0.123. The molecule has 0 unspecified atom stereocenters. The van der Waals surface area contributed by atoms with E-state index in [9.17, 15) is 4.79 Å². The number of nitrogens with one attached hydrogen (secondary N) is 2. The van der Waals surface area contributed by atoms with Gasteiger partial charge >= 0.3 is 0 Å². The van der Waals surface area contributed by atoms with Crippen LogP contribution in [-0.4, -0.2) is 23.7 Å². The Bertz CT molecular complexity index is 924. The molecule has 0 saturated carbocycles. The molecule has 0 aliphatic rings. The molecule has 2 aromatic carbocycles. The first kappa shape index (κ1) is 17.2.